The van der Waals surface area contributed by atoms with E-state index < -0.39 is 7.82 Å². The average Bonchev–Trinajstić information content (AvgIpc) is 2.76. The third kappa shape index (κ3) is 17.2. The van der Waals surface area contributed by atoms with Gasteiger partial charge in [0.1, 0.15) is 13.2 Å². The fourth-order valence-corrected chi connectivity index (χ4v) is 5.01. The van der Waals surface area contributed by atoms with Crippen LogP contribution in [0.25, 0.3) is 0 Å². The molecule has 0 aromatic heterocycles. The molecule has 1 unspecified atom stereocenters. The number of phosphoric acid groups is 1. The highest BCUT2D eigenvalue weighted by atomic mass is 31.2. The van der Waals surface area contributed by atoms with E-state index in [2.05, 4.69) is 25.8 Å². The number of quaternary nitrogens is 1. The molecule has 0 radical (unpaired) electrons. The average molecular weight is 472 g/mol. The smallest absolute Gasteiger partial charge is 0.268 e. The van der Waals surface area contributed by atoms with Gasteiger partial charge in [-0.3, -0.25) is 4.57 Å². The van der Waals surface area contributed by atoms with Crippen molar-refractivity contribution in [2.24, 2.45) is 0 Å². The summed E-state index contributed by atoms with van der Waals surface area (Å²) in [6.07, 6.45) is 20.2. The minimum atomic E-state index is -4.16. The molecule has 0 aromatic rings. The van der Waals surface area contributed by atoms with Gasteiger partial charge in [-0.15, -0.1) is 11.8 Å². The quantitative estimate of drug-likeness (QED) is 0.0921. The first kappa shape index (κ1) is 29.7. The van der Waals surface area contributed by atoms with E-state index in [4.69, 9.17) is 9.05 Å². The molecule has 6 heteroatoms. The summed E-state index contributed by atoms with van der Waals surface area (Å²) in [5, 5.41) is 0. The molecule has 0 bridgehead atoms. The van der Waals surface area contributed by atoms with Gasteiger partial charge in [-0.25, -0.2) is 0 Å². The number of piperidine rings is 1. The van der Waals surface area contributed by atoms with Gasteiger partial charge in [-0.1, -0.05) is 64.7 Å². The van der Waals surface area contributed by atoms with Crippen LogP contribution in [0.1, 0.15) is 116 Å². The van der Waals surface area contributed by atoms with Gasteiger partial charge in [0.2, 0.25) is 0 Å². The second-order valence-corrected chi connectivity index (χ2v) is 11.1. The van der Waals surface area contributed by atoms with E-state index in [9.17, 15) is 9.46 Å². The number of nitrogens with zero attached hydrogens (tertiary/aromatic N) is 1. The van der Waals surface area contributed by atoms with E-state index in [1.54, 1.807) is 0 Å². The summed E-state index contributed by atoms with van der Waals surface area (Å²) in [6, 6.07) is 0. The molecule has 1 aliphatic rings. The van der Waals surface area contributed by atoms with E-state index in [1.807, 2.05) is 0 Å². The van der Waals surface area contributed by atoms with Crippen molar-refractivity contribution >= 4 is 7.82 Å². The highest BCUT2D eigenvalue weighted by molar-refractivity contribution is 7.45. The van der Waals surface area contributed by atoms with Gasteiger partial charge >= 0.3 is 0 Å². The molecule has 1 heterocycles. The Morgan fingerprint density at radius 3 is 1.84 bits per heavy atom. The zero-order chi connectivity index (χ0) is 23.4. The van der Waals surface area contributed by atoms with E-state index >= 15 is 0 Å². The number of likely N-dealkylation sites (tertiary alicyclic amines) is 1. The largest absolute Gasteiger partial charge is 0.756 e. The molecule has 1 fully saturated rings. The molecule has 0 aromatic carbocycles. The second kappa shape index (κ2) is 19.0. The Labute approximate surface area is 198 Å². The fourth-order valence-electron chi connectivity index (χ4n) is 4.28. The van der Waals surface area contributed by atoms with Crippen LogP contribution in [0.5, 0.6) is 0 Å². The molecule has 0 aliphatic carbocycles. The number of likely N-dealkylation sites (N-methyl/N-ethyl adjacent to an activating group) is 1. The topological polar surface area (TPSA) is 58.6 Å². The Balaban J connectivity index is 1.87. The minimum absolute atomic E-state index is 0.221. The van der Waals surface area contributed by atoms with Gasteiger partial charge in [0, 0.05) is 12.8 Å². The molecular formula is C26H50NO4P. The van der Waals surface area contributed by atoms with Crippen molar-refractivity contribution in [3.05, 3.63) is 0 Å². The molecule has 0 N–H and O–H groups in total. The summed E-state index contributed by atoms with van der Waals surface area (Å²) in [6.45, 7) is 5.66. The first-order valence-corrected chi connectivity index (χ1v) is 14.8. The molecule has 5 nitrogen and oxygen atoms in total. The van der Waals surface area contributed by atoms with Crippen LogP contribution < -0.4 is 4.89 Å². The van der Waals surface area contributed by atoms with E-state index in [0.717, 1.165) is 56.2 Å². The van der Waals surface area contributed by atoms with Crippen LogP contribution in [0.2, 0.25) is 0 Å². The predicted octanol–water partition coefficient (Wildman–Crippen LogP) is 6.60. The monoisotopic (exact) mass is 471 g/mol. The lowest BCUT2D eigenvalue weighted by atomic mass is 10.1. The maximum atomic E-state index is 11.9. The highest BCUT2D eigenvalue weighted by Gasteiger charge is 2.25. The van der Waals surface area contributed by atoms with Crippen LogP contribution in [-0.2, 0) is 13.6 Å². The summed E-state index contributed by atoms with van der Waals surface area (Å²) in [7, 11) is -1.97. The van der Waals surface area contributed by atoms with Crippen LogP contribution in [0, 0.1) is 11.8 Å². The Hall–Kier alpha value is -0.370. The highest BCUT2D eigenvalue weighted by Crippen LogP contribution is 2.38. The lowest BCUT2D eigenvalue weighted by molar-refractivity contribution is -0.914. The van der Waals surface area contributed by atoms with Crippen LogP contribution in [0.4, 0.5) is 0 Å². The Kier molecular flexibility index (Phi) is 17.6. The van der Waals surface area contributed by atoms with Crippen molar-refractivity contribution in [1.82, 2.24) is 0 Å². The third-order valence-electron chi connectivity index (χ3n) is 6.50. The number of hydrogen-bond donors (Lipinski definition) is 0. The van der Waals surface area contributed by atoms with E-state index in [-0.39, 0.29) is 13.2 Å². The zero-order valence-electron chi connectivity index (χ0n) is 21.1. The molecule has 1 rings (SSSR count). The van der Waals surface area contributed by atoms with Crippen molar-refractivity contribution in [1.29, 1.82) is 0 Å². The minimum Gasteiger partial charge on any atom is -0.756 e. The third-order valence-corrected chi connectivity index (χ3v) is 7.50. The first-order valence-electron chi connectivity index (χ1n) is 13.4. The van der Waals surface area contributed by atoms with Gasteiger partial charge in [0.05, 0.1) is 26.7 Å². The number of rotatable bonds is 19. The van der Waals surface area contributed by atoms with Crippen molar-refractivity contribution in [2.75, 3.05) is 39.9 Å². The molecule has 0 amide bonds. The number of unbranched alkanes of at least 4 members (excludes halogenated alkanes) is 12. The van der Waals surface area contributed by atoms with Gasteiger partial charge < -0.3 is 18.4 Å². The van der Waals surface area contributed by atoms with Gasteiger partial charge in [0.25, 0.3) is 7.82 Å². The molecule has 188 valence electrons. The van der Waals surface area contributed by atoms with Crippen molar-refractivity contribution in [2.45, 2.75) is 116 Å². The van der Waals surface area contributed by atoms with Gasteiger partial charge in [-0.05, 0) is 38.5 Å². The molecule has 1 atom stereocenters. The zero-order valence-corrected chi connectivity index (χ0v) is 22.0. The molecular weight excluding hydrogens is 421 g/mol. The number of phosphoric ester groups is 1. The predicted molar refractivity (Wildman–Crippen MR) is 132 cm³/mol. The summed E-state index contributed by atoms with van der Waals surface area (Å²) in [4.78, 5) is 11.9. The SMILES string of the molecule is CCCCCCCCC#CCCCCCCCCOP(=O)([O-])OCC[N+]1(C)CCCCC1. The Morgan fingerprint density at radius 2 is 1.25 bits per heavy atom. The second-order valence-electron chi connectivity index (χ2n) is 9.71. The Morgan fingerprint density at radius 1 is 0.750 bits per heavy atom. The van der Waals surface area contributed by atoms with Gasteiger partial charge in [-0.2, -0.15) is 0 Å². The standard InChI is InChI=1S/C26H50NO4P/c1-3-4-5-6-7-8-9-10-11-12-13-14-15-16-17-21-25-30-32(28,29)31-26-24-27(2)22-19-18-20-23-27/h3-9,12-26H2,1-2H3. The summed E-state index contributed by atoms with van der Waals surface area (Å²) in [5.74, 6) is 6.61. The van der Waals surface area contributed by atoms with Crippen LogP contribution in [-0.4, -0.2) is 44.4 Å². The molecule has 0 spiro atoms. The molecule has 1 aliphatic heterocycles. The maximum Gasteiger partial charge on any atom is 0.268 e. The lowest BCUT2D eigenvalue weighted by Crippen LogP contribution is -2.49. The Bertz CT molecular complexity index is 552. The van der Waals surface area contributed by atoms with Gasteiger partial charge in [0.15, 0.2) is 0 Å². The van der Waals surface area contributed by atoms with E-state index in [0.29, 0.717) is 0 Å². The van der Waals surface area contributed by atoms with Crippen molar-refractivity contribution in [3.8, 4) is 11.8 Å². The molecule has 1 saturated heterocycles. The van der Waals surface area contributed by atoms with Crippen LogP contribution >= 0.6 is 7.82 Å². The first-order chi connectivity index (χ1) is 15.5. The fraction of sp³-hybridized carbons (Fsp3) is 0.923. The van der Waals surface area contributed by atoms with Crippen LogP contribution in [0.3, 0.4) is 0 Å². The number of hydrogen-bond acceptors (Lipinski definition) is 4. The summed E-state index contributed by atoms with van der Waals surface area (Å²) in [5.41, 5.74) is 0. The van der Waals surface area contributed by atoms with Crippen molar-refractivity contribution in [3.63, 3.8) is 0 Å². The van der Waals surface area contributed by atoms with E-state index in [1.165, 1.54) is 77.0 Å². The molecule has 0 saturated carbocycles. The molecule has 32 heavy (non-hydrogen) atoms. The van der Waals surface area contributed by atoms with Crippen molar-refractivity contribution < 1.29 is 23.0 Å². The maximum absolute atomic E-state index is 11.9. The summed E-state index contributed by atoms with van der Waals surface area (Å²) >= 11 is 0. The lowest BCUT2D eigenvalue weighted by Gasteiger charge is -2.38. The summed E-state index contributed by atoms with van der Waals surface area (Å²) < 4.78 is 22.9. The normalized spacial score (nSPS) is 17.5. The van der Waals surface area contributed by atoms with Crippen LogP contribution in [0.15, 0.2) is 0 Å².